The van der Waals surface area contributed by atoms with Gasteiger partial charge in [0.1, 0.15) is 0 Å². The highest BCUT2D eigenvalue weighted by atomic mass is 15.3. The predicted molar refractivity (Wildman–Crippen MR) is 156 cm³/mol. The van der Waals surface area contributed by atoms with Gasteiger partial charge in [0.15, 0.2) is 0 Å². The molecule has 198 valence electrons. The molecule has 0 saturated carbocycles. The quantitative estimate of drug-likeness (QED) is 0.145. The van der Waals surface area contributed by atoms with Gasteiger partial charge in [0, 0.05) is 44.7 Å². The first-order valence-electron chi connectivity index (χ1n) is 14.5. The van der Waals surface area contributed by atoms with E-state index in [1.165, 1.54) is 69.3 Å². The number of likely N-dealkylation sites (N-methyl/N-ethyl adjacent to an activating group) is 1. The third-order valence-electron chi connectivity index (χ3n) is 8.10. The van der Waals surface area contributed by atoms with Crippen molar-refractivity contribution in [2.45, 2.75) is 57.9 Å². The highest BCUT2D eigenvalue weighted by Gasteiger charge is 2.30. The van der Waals surface area contributed by atoms with Crippen LogP contribution in [0.4, 0.5) is 0 Å². The van der Waals surface area contributed by atoms with Gasteiger partial charge in [0.25, 0.3) is 0 Å². The Balaban J connectivity index is 1.52. The Hall–Kier alpha value is -1.94. The maximum absolute atomic E-state index is 4.28. The number of quaternary nitrogens is 1. The minimum atomic E-state index is 0.381. The van der Waals surface area contributed by atoms with E-state index in [4.69, 9.17) is 0 Å². The molecule has 0 aromatic heterocycles. The van der Waals surface area contributed by atoms with E-state index in [-0.39, 0.29) is 0 Å². The molecule has 3 rings (SSSR count). The second kappa shape index (κ2) is 15.3. The number of nitrogens with zero attached hydrogens (tertiary/aromatic N) is 3. The van der Waals surface area contributed by atoms with Gasteiger partial charge in [-0.3, -0.25) is 9.80 Å². The zero-order chi connectivity index (χ0) is 25.6. The zero-order valence-corrected chi connectivity index (χ0v) is 23.5. The van der Waals surface area contributed by atoms with Gasteiger partial charge in [-0.15, -0.1) is 6.58 Å². The average molecular weight is 491 g/mol. The van der Waals surface area contributed by atoms with E-state index in [1.807, 2.05) is 0 Å². The minimum absolute atomic E-state index is 0.381. The van der Waals surface area contributed by atoms with Crippen LogP contribution in [-0.2, 0) is 6.42 Å². The summed E-state index contributed by atoms with van der Waals surface area (Å²) in [4.78, 5) is 5.41. The summed E-state index contributed by atoms with van der Waals surface area (Å²) in [7, 11) is 4.85. The number of piperazine rings is 1. The Morgan fingerprint density at radius 2 is 1.42 bits per heavy atom. The Bertz CT molecular complexity index is 840. The van der Waals surface area contributed by atoms with Crippen LogP contribution in [0.2, 0.25) is 0 Å². The van der Waals surface area contributed by atoms with E-state index in [0.29, 0.717) is 12.0 Å². The van der Waals surface area contributed by atoms with Gasteiger partial charge in [-0.2, -0.15) is 0 Å². The molecular weight excluding hydrogens is 438 g/mol. The van der Waals surface area contributed by atoms with Crippen LogP contribution in [0.1, 0.15) is 62.6 Å². The van der Waals surface area contributed by atoms with Crippen molar-refractivity contribution < 1.29 is 4.48 Å². The lowest BCUT2D eigenvalue weighted by atomic mass is 9.86. The molecule has 0 amide bonds. The molecule has 0 spiro atoms. The molecule has 0 aliphatic carbocycles. The lowest BCUT2D eigenvalue weighted by Crippen LogP contribution is -2.52. The number of hydrogen-bond acceptors (Lipinski definition) is 2. The molecule has 1 aliphatic heterocycles. The van der Waals surface area contributed by atoms with E-state index < -0.39 is 0 Å². The fourth-order valence-corrected chi connectivity index (χ4v) is 5.70. The largest absolute Gasteiger partial charge is 0.327 e. The summed E-state index contributed by atoms with van der Waals surface area (Å²) in [6, 6.07) is 22.4. The van der Waals surface area contributed by atoms with Crippen LogP contribution in [0.15, 0.2) is 73.3 Å². The molecule has 2 unspecified atom stereocenters. The SMILES string of the molecule is C=CC(Cc1ccccc1)C(c1ccccc1)N1CCN(CC[N+](C)(C)CCCCCCCC)CC1. The average Bonchev–Trinajstić information content (AvgIpc) is 2.91. The zero-order valence-electron chi connectivity index (χ0n) is 23.5. The van der Waals surface area contributed by atoms with Crippen molar-refractivity contribution in [3.05, 3.63) is 84.4 Å². The monoisotopic (exact) mass is 490 g/mol. The molecule has 3 nitrogen and oxygen atoms in total. The van der Waals surface area contributed by atoms with Crippen molar-refractivity contribution in [2.75, 3.05) is 59.9 Å². The number of hydrogen-bond donors (Lipinski definition) is 0. The molecule has 0 radical (unpaired) electrons. The summed E-state index contributed by atoms with van der Waals surface area (Å²) in [6.07, 6.45) is 11.6. The molecule has 36 heavy (non-hydrogen) atoms. The highest BCUT2D eigenvalue weighted by Crippen LogP contribution is 2.33. The maximum atomic E-state index is 4.28. The topological polar surface area (TPSA) is 6.48 Å². The first-order chi connectivity index (χ1) is 17.5. The molecule has 2 aromatic carbocycles. The summed E-state index contributed by atoms with van der Waals surface area (Å²) in [6.45, 7) is 14.9. The number of benzene rings is 2. The first-order valence-corrected chi connectivity index (χ1v) is 14.5. The summed E-state index contributed by atoms with van der Waals surface area (Å²) in [5.74, 6) is 0.397. The second-order valence-corrected chi connectivity index (χ2v) is 11.5. The standard InChI is InChI=1S/C33H52N3/c1-5-7-8-9-10-17-27-36(3,4)28-26-34-22-24-35(25-23-34)33(32-20-15-12-16-21-32)31(6-2)29-30-18-13-11-14-19-30/h6,11-16,18-21,31,33H,2,5,7-10,17,22-29H2,1,3-4H3/q+1. The number of rotatable bonds is 16. The van der Waals surface area contributed by atoms with Gasteiger partial charge in [-0.1, -0.05) is 99.3 Å². The van der Waals surface area contributed by atoms with Gasteiger partial charge in [-0.25, -0.2) is 0 Å². The van der Waals surface area contributed by atoms with Gasteiger partial charge in [0.05, 0.1) is 27.2 Å². The Morgan fingerprint density at radius 1 is 0.806 bits per heavy atom. The Kier molecular flexibility index (Phi) is 12.2. The fourth-order valence-electron chi connectivity index (χ4n) is 5.70. The van der Waals surface area contributed by atoms with Crippen LogP contribution in [-0.4, -0.2) is 74.2 Å². The van der Waals surface area contributed by atoms with Gasteiger partial charge < -0.3 is 4.48 Å². The van der Waals surface area contributed by atoms with Gasteiger partial charge in [-0.05, 0) is 30.4 Å². The van der Waals surface area contributed by atoms with Crippen LogP contribution < -0.4 is 0 Å². The molecule has 2 atom stereocenters. The molecular formula is C33H52N3+. The predicted octanol–water partition coefficient (Wildman–Crippen LogP) is 6.83. The van der Waals surface area contributed by atoms with E-state index in [2.05, 4.69) is 104 Å². The molecule has 0 bridgehead atoms. The molecule has 1 fully saturated rings. The van der Waals surface area contributed by atoms with Crippen molar-refractivity contribution in [3.8, 4) is 0 Å². The fraction of sp³-hybridized carbons (Fsp3) is 0.576. The molecule has 3 heteroatoms. The first kappa shape index (κ1) is 28.6. The van der Waals surface area contributed by atoms with E-state index in [1.54, 1.807) is 0 Å². The van der Waals surface area contributed by atoms with Crippen molar-refractivity contribution in [2.24, 2.45) is 5.92 Å². The van der Waals surface area contributed by atoms with E-state index in [0.717, 1.165) is 37.1 Å². The van der Waals surface area contributed by atoms with Crippen molar-refractivity contribution >= 4 is 0 Å². The lowest BCUT2D eigenvalue weighted by molar-refractivity contribution is -0.890. The third-order valence-corrected chi connectivity index (χ3v) is 8.10. The van der Waals surface area contributed by atoms with E-state index >= 15 is 0 Å². The van der Waals surface area contributed by atoms with Crippen LogP contribution in [0, 0.1) is 5.92 Å². The summed E-state index contributed by atoms with van der Waals surface area (Å²) >= 11 is 0. The number of unbranched alkanes of at least 4 members (excludes halogenated alkanes) is 5. The van der Waals surface area contributed by atoms with Gasteiger partial charge in [0.2, 0.25) is 0 Å². The van der Waals surface area contributed by atoms with Crippen molar-refractivity contribution in [1.82, 2.24) is 9.80 Å². The summed E-state index contributed by atoms with van der Waals surface area (Å²) < 4.78 is 1.15. The third kappa shape index (κ3) is 9.50. The van der Waals surface area contributed by atoms with Crippen LogP contribution >= 0.6 is 0 Å². The maximum Gasteiger partial charge on any atom is 0.0911 e. The second-order valence-electron chi connectivity index (χ2n) is 11.5. The van der Waals surface area contributed by atoms with Crippen molar-refractivity contribution in [3.63, 3.8) is 0 Å². The molecule has 1 saturated heterocycles. The van der Waals surface area contributed by atoms with Crippen LogP contribution in [0.3, 0.4) is 0 Å². The molecule has 1 heterocycles. The van der Waals surface area contributed by atoms with Crippen LogP contribution in [0.25, 0.3) is 0 Å². The smallest absolute Gasteiger partial charge is 0.0911 e. The van der Waals surface area contributed by atoms with E-state index in [9.17, 15) is 0 Å². The van der Waals surface area contributed by atoms with Crippen molar-refractivity contribution in [1.29, 1.82) is 0 Å². The van der Waals surface area contributed by atoms with Crippen LogP contribution in [0.5, 0.6) is 0 Å². The molecule has 2 aromatic rings. The Morgan fingerprint density at radius 3 is 2.06 bits per heavy atom. The Labute approximate surface area is 222 Å². The lowest BCUT2D eigenvalue weighted by Gasteiger charge is -2.43. The molecule has 1 aliphatic rings. The highest BCUT2D eigenvalue weighted by molar-refractivity contribution is 5.24. The minimum Gasteiger partial charge on any atom is -0.327 e. The van der Waals surface area contributed by atoms with Gasteiger partial charge >= 0.3 is 0 Å². The normalized spacial score (nSPS) is 17.1. The molecule has 0 N–H and O–H groups in total. The summed E-state index contributed by atoms with van der Waals surface area (Å²) in [5, 5.41) is 0. The summed E-state index contributed by atoms with van der Waals surface area (Å²) in [5.41, 5.74) is 2.82.